The third-order valence-corrected chi connectivity index (χ3v) is 7.53. The molecule has 7 nitrogen and oxygen atoms in total. The first-order valence-electron chi connectivity index (χ1n) is 12.1. The Hall–Kier alpha value is -4.04. The molecule has 0 amide bonds. The van der Waals surface area contributed by atoms with Crippen molar-refractivity contribution in [2.24, 2.45) is 7.05 Å². The molecule has 8 heteroatoms. The van der Waals surface area contributed by atoms with Crippen LogP contribution < -0.4 is 0 Å². The maximum Gasteiger partial charge on any atom is 0.340 e. The van der Waals surface area contributed by atoms with Gasteiger partial charge in [-0.2, -0.15) is 0 Å². The van der Waals surface area contributed by atoms with Crippen LogP contribution in [0.4, 0.5) is 0 Å². The molecule has 3 aromatic heterocycles. The van der Waals surface area contributed by atoms with E-state index in [-0.39, 0.29) is 12.4 Å². The monoisotopic (exact) mass is 512 g/mol. The highest BCUT2D eigenvalue weighted by Crippen LogP contribution is 2.42. The lowest BCUT2D eigenvalue weighted by molar-refractivity contribution is 0.0527. The van der Waals surface area contributed by atoms with Gasteiger partial charge in [0.25, 0.3) is 0 Å². The summed E-state index contributed by atoms with van der Waals surface area (Å²) in [6.07, 6.45) is 7.04. The number of pyridine rings is 1. The number of hydrogen-bond donors (Lipinski definition) is 1. The zero-order valence-corrected chi connectivity index (χ0v) is 21.8. The Bertz CT molecular complexity index is 1560. The molecule has 0 aliphatic heterocycles. The van der Waals surface area contributed by atoms with Crippen LogP contribution in [0.15, 0.2) is 78.2 Å². The summed E-state index contributed by atoms with van der Waals surface area (Å²) in [4.78, 5) is 23.1. The topological polar surface area (TPSA) is 82.2 Å². The van der Waals surface area contributed by atoms with Crippen LogP contribution in [0.25, 0.3) is 22.0 Å². The third-order valence-electron chi connectivity index (χ3n) is 6.51. The number of hydrogen-bond acceptors (Lipinski definition) is 6. The lowest BCUT2D eigenvalue weighted by Crippen LogP contribution is -2.09. The van der Waals surface area contributed by atoms with Gasteiger partial charge in [-0.15, -0.1) is 11.8 Å². The standard InChI is InChI=1S/C29H28N4O3S/c1-4-36-29(35)27-25(18-37-21-10-6-5-7-11-21)32(3)24-15-22(20-9-8-12-30-16-20)28(34)23(26(24)27)17-33-14-13-31-19(33)2/h5-16,34H,4,17-18H2,1-3H3. The fourth-order valence-electron chi connectivity index (χ4n) is 4.61. The third kappa shape index (κ3) is 4.72. The second-order valence-electron chi connectivity index (χ2n) is 8.69. The molecule has 5 rings (SSSR count). The van der Waals surface area contributed by atoms with Gasteiger partial charge in [-0.05, 0) is 38.1 Å². The molecule has 0 radical (unpaired) electrons. The van der Waals surface area contributed by atoms with Gasteiger partial charge >= 0.3 is 5.97 Å². The van der Waals surface area contributed by atoms with Crippen molar-refractivity contribution in [3.05, 3.63) is 96.0 Å². The molecule has 0 bridgehead atoms. The number of aromatic nitrogens is 4. The van der Waals surface area contributed by atoms with Crippen LogP contribution in [0.2, 0.25) is 0 Å². The zero-order chi connectivity index (χ0) is 25.9. The van der Waals surface area contributed by atoms with Crippen LogP contribution in [0, 0.1) is 6.92 Å². The predicted molar refractivity (Wildman–Crippen MR) is 146 cm³/mol. The van der Waals surface area contributed by atoms with E-state index in [1.54, 1.807) is 37.3 Å². The smallest absolute Gasteiger partial charge is 0.340 e. The lowest BCUT2D eigenvalue weighted by atomic mass is 9.96. The number of ether oxygens (including phenoxy) is 1. The molecule has 3 heterocycles. The molecule has 188 valence electrons. The number of aryl methyl sites for hydroxylation is 2. The molecule has 2 aromatic carbocycles. The number of carbonyl (C=O) groups excluding carboxylic acids is 1. The van der Waals surface area contributed by atoms with Gasteiger partial charge < -0.3 is 19.0 Å². The molecule has 5 aromatic rings. The molecule has 37 heavy (non-hydrogen) atoms. The minimum atomic E-state index is -0.395. The number of nitrogens with zero attached hydrogens (tertiary/aromatic N) is 4. The van der Waals surface area contributed by atoms with Gasteiger partial charge in [-0.25, -0.2) is 9.78 Å². The summed E-state index contributed by atoms with van der Waals surface area (Å²) in [6.45, 7) is 4.33. The van der Waals surface area contributed by atoms with E-state index in [0.29, 0.717) is 34.4 Å². The average molecular weight is 513 g/mol. The molecule has 0 aliphatic rings. The highest BCUT2D eigenvalue weighted by Gasteiger charge is 2.28. The number of imidazole rings is 1. The number of phenols is 1. The van der Waals surface area contributed by atoms with Gasteiger partial charge in [0.15, 0.2) is 0 Å². The van der Waals surface area contributed by atoms with E-state index in [2.05, 4.69) is 22.1 Å². The van der Waals surface area contributed by atoms with Crippen LogP contribution in [0.1, 0.15) is 34.4 Å². The van der Waals surface area contributed by atoms with Crippen molar-refractivity contribution >= 4 is 28.6 Å². The van der Waals surface area contributed by atoms with Crippen molar-refractivity contribution in [1.29, 1.82) is 0 Å². The molecule has 0 saturated heterocycles. The minimum Gasteiger partial charge on any atom is -0.507 e. The Morgan fingerprint density at radius 2 is 1.95 bits per heavy atom. The van der Waals surface area contributed by atoms with E-state index < -0.39 is 5.97 Å². The molecule has 1 N–H and O–H groups in total. The number of thioether (sulfide) groups is 1. The van der Waals surface area contributed by atoms with Crippen LogP contribution in [0.5, 0.6) is 5.75 Å². The average Bonchev–Trinajstić information content (AvgIpc) is 3.45. The summed E-state index contributed by atoms with van der Waals surface area (Å²) in [6, 6.07) is 15.8. The molecular weight excluding hydrogens is 484 g/mol. The predicted octanol–water partition coefficient (Wildman–Crippen LogP) is 5.97. The highest BCUT2D eigenvalue weighted by molar-refractivity contribution is 7.98. The highest BCUT2D eigenvalue weighted by atomic mass is 32.2. The van der Waals surface area contributed by atoms with Crippen molar-refractivity contribution in [2.75, 3.05) is 6.61 Å². The summed E-state index contributed by atoms with van der Waals surface area (Å²) in [5, 5.41) is 12.3. The normalized spacial score (nSPS) is 11.2. The molecular formula is C29H28N4O3S. The number of esters is 1. The maximum absolute atomic E-state index is 13.4. The number of carbonyl (C=O) groups is 1. The second-order valence-corrected chi connectivity index (χ2v) is 9.74. The Morgan fingerprint density at radius 3 is 2.62 bits per heavy atom. The number of aromatic hydroxyl groups is 1. The molecule has 0 fully saturated rings. The number of rotatable bonds is 8. The van der Waals surface area contributed by atoms with Crippen molar-refractivity contribution < 1.29 is 14.6 Å². The fourth-order valence-corrected chi connectivity index (χ4v) is 5.60. The first kappa shape index (κ1) is 24.6. The van der Waals surface area contributed by atoms with Crippen molar-refractivity contribution in [1.82, 2.24) is 19.1 Å². The summed E-state index contributed by atoms with van der Waals surface area (Å²) >= 11 is 1.65. The maximum atomic E-state index is 13.4. The van der Waals surface area contributed by atoms with Crippen LogP contribution in [-0.2, 0) is 24.1 Å². The van der Waals surface area contributed by atoms with Gasteiger partial charge in [-0.1, -0.05) is 24.3 Å². The Labute approximate surface area is 219 Å². The molecule has 0 saturated carbocycles. The van der Waals surface area contributed by atoms with Crippen LogP contribution in [-0.4, -0.2) is 36.8 Å². The van der Waals surface area contributed by atoms with Crippen LogP contribution in [0.3, 0.4) is 0 Å². The van der Waals surface area contributed by atoms with Gasteiger partial charge in [0.1, 0.15) is 11.6 Å². The fraction of sp³-hybridized carbons (Fsp3) is 0.207. The first-order chi connectivity index (χ1) is 18.0. The molecule has 0 aliphatic carbocycles. The molecule has 0 spiro atoms. The van der Waals surface area contributed by atoms with Gasteiger partial charge in [-0.3, -0.25) is 4.98 Å². The molecule has 0 atom stereocenters. The molecule has 0 unspecified atom stereocenters. The van der Waals surface area contributed by atoms with Crippen LogP contribution >= 0.6 is 11.8 Å². The lowest BCUT2D eigenvalue weighted by Gasteiger charge is -2.15. The van der Waals surface area contributed by atoms with Crippen molar-refractivity contribution in [3.63, 3.8) is 0 Å². The Balaban J connectivity index is 1.77. The number of phenolic OH excluding ortho intramolecular Hbond substituents is 1. The van der Waals surface area contributed by atoms with Crippen molar-refractivity contribution in [2.45, 2.75) is 31.0 Å². The zero-order valence-electron chi connectivity index (χ0n) is 21.0. The number of benzene rings is 2. The van der Waals surface area contributed by atoms with Crippen molar-refractivity contribution in [3.8, 4) is 16.9 Å². The van der Waals surface area contributed by atoms with Gasteiger partial charge in [0, 0.05) is 70.3 Å². The largest absolute Gasteiger partial charge is 0.507 e. The Morgan fingerprint density at radius 1 is 1.14 bits per heavy atom. The summed E-state index contributed by atoms with van der Waals surface area (Å²) < 4.78 is 9.54. The summed E-state index contributed by atoms with van der Waals surface area (Å²) in [5.41, 5.74) is 4.27. The van der Waals surface area contributed by atoms with E-state index >= 15 is 0 Å². The first-order valence-corrected chi connectivity index (χ1v) is 13.1. The minimum absolute atomic E-state index is 0.118. The Kier molecular flexibility index (Phi) is 7.01. The summed E-state index contributed by atoms with van der Waals surface area (Å²) in [7, 11) is 1.96. The van der Waals surface area contributed by atoms with Gasteiger partial charge in [0.2, 0.25) is 0 Å². The SMILES string of the molecule is CCOC(=O)c1c(CSc2ccccc2)n(C)c2cc(-c3cccnc3)c(O)c(Cn3ccnc3C)c12. The number of fused-ring (bicyclic) bond motifs is 1. The van der Waals surface area contributed by atoms with E-state index in [9.17, 15) is 9.90 Å². The van der Waals surface area contributed by atoms with E-state index in [1.807, 2.05) is 65.7 Å². The van der Waals surface area contributed by atoms with Gasteiger partial charge in [0.05, 0.1) is 24.2 Å². The summed E-state index contributed by atoms with van der Waals surface area (Å²) in [5.74, 6) is 1.10. The second kappa shape index (κ2) is 10.5. The quantitative estimate of drug-likeness (QED) is 0.204. The van der Waals surface area contributed by atoms with E-state index in [4.69, 9.17) is 4.74 Å². The van der Waals surface area contributed by atoms with E-state index in [1.165, 1.54) is 0 Å². The van der Waals surface area contributed by atoms with E-state index in [0.717, 1.165) is 27.5 Å².